The van der Waals surface area contributed by atoms with Crippen LogP contribution in [0, 0.1) is 6.92 Å². The van der Waals surface area contributed by atoms with E-state index in [-0.39, 0.29) is 18.2 Å². The predicted molar refractivity (Wildman–Crippen MR) is 132 cm³/mol. The molecule has 5 rings (SSSR count). The summed E-state index contributed by atoms with van der Waals surface area (Å²) in [6, 6.07) is 26.4. The van der Waals surface area contributed by atoms with Crippen molar-refractivity contribution in [1.82, 2.24) is 20.5 Å². The number of carbonyl (C=O) groups excluding carboxylic acids is 1. The van der Waals surface area contributed by atoms with Gasteiger partial charge in [0.1, 0.15) is 0 Å². The minimum Gasteiger partial charge on any atom is -0.421 e. The quantitative estimate of drug-likeness (QED) is 0.331. The molecule has 0 aliphatic rings. The van der Waals surface area contributed by atoms with E-state index in [1.807, 2.05) is 67.7 Å². The maximum atomic E-state index is 12.7. The van der Waals surface area contributed by atoms with Gasteiger partial charge in [-0.3, -0.25) is 4.79 Å². The number of nitrogens with one attached hydrogen (secondary N) is 2. The maximum Gasteiger partial charge on any atom is 0.247 e. The minimum atomic E-state index is -0.0455. The molecule has 2 heterocycles. The van der Waals surface area contributed by atoms with Crippen LogP contribution in [0.1, 0.15) is 34.9 Å². The molecule has 6 heteroatoms. The number of para-hydroxylation sites is 1. The van der Waals surface area contributed by atoms with Gasteiger partial charge in [-0.25, -0.2) is 0 Å². The number of aromatic nitrogens is 3. The highest BCUT2D eigenvalue weighted by atomic mass is 16.4. The summed E-state index contributed by atoms with van der Waals surface area (Å²) in [6.07, 6.45) is 2.72. The number of aryl methyl sites for hydroxylation is 2. The maximum absolute atomic E-state index is 12.7. The molecule has 170 valence electrons. The van der Waals surface area contributed by atoms with Crippen LogP contribution in [0.25, 0.3) is 22.4 Å². The van der Waals surface area contributed by atoms with Crippen molar-refractivity contribution in [3.63, 3.8) is 0 Å². The summed E-state index contributed by atoms with van der Waals surface area (Å²) in [6.45, 7) is 2.53. The zero-order valence-electron chi connectivity index (χ0n) is 19.0. The van der Waals surface area contributed by atoms with E-state index in [1.54, 1.807) is 0 Å². The number of fused-ring (bicyclic) bond motifs is 1. The fourth-order valence-corrected chi connectivity index (χ4v) is 4.17. The zero-order chi connectivity index (χ0) is 23.3. The van der Waals surface area contributed by atoms with Gasteiger partial charge in [-0.15, -0.1) is 10.2 Å². The molecule has 0 bridgehead atoms. The normalized spacial score (nSPS) is 12.0. The molecule has 0 radical (unpaired) electrons. The van der Waals surface area contributed by atoms with Crippen molar-refractivity contribution < 1.29 is 9.21 Å². The number of hydrogen-bond acceptors (Lipinski definition) is 4. The molecule has 1 unspecified atom stereocenters. The Bertz CT molecular complexity index is 1390. The number of amides is 1. The molecule has 0 spiro atoms. The van der Waals surface area contributed by atoms with Crippen LogP contribution in [0.2, 0.25) is 0 Å². The first-order chi connectivity index (χ1) is 16.7. The van der Waals surface area contributed by atoms with Gasteiger partial charge in [0.15, 0.2) is 0 Å². The topological polar surface area (TPSA) is 83.8 Å². The first-order valence-corrected chi connectivity index (χ1v) is 11.4. The molecule has 1 amide bonds. The second kappa shape index (κ2) is 9.75. The van der Waals surface area contributed by atoms with Gasteiger partial charge >= 0.3 is 0 Å². The summed E-state index contributed by atoms with van der Waals surface area (Å²) < 4.78 is 5.76. The Kier molecular flexibility index (Phi) is 6.21. The van der Waals surface area contributed by atoms with Gasteiger partial charge in [-0.2, -0.15) is 0 Å². The molecule has 5 aromatic rings. The van der Waals surface area contributed by atoms with E-state index in [4.69, 9.17) is 4.42 Å². The fraction of sp³-hybridized carbons (Fsp3) is 0.179. The lowest BCUT2D eigenvalue weighted by Gasteiger charge is -2.18. The van der Waals surface area contributed by atoms with Crippen LogP contribution in [-0.4, -0.2) is 27.6 Å². The third-order valence-electron chi connectivity index (χ3n) is 6.03. The molecule has 0 saturated carbocycles. The molecule has 0 aliphatic carbocycles. The molecule has 6 nitrogen and oxygen atoms in total. The molecule has 1 atom stereocenters. The lowest BCUT2D eigenvalue weighted by atomic mass is 9.91. The number of aromatic amines is 1. The third-order valence-corrected chi connectivity index (χ3v) is 6.03. The SMILES string of the molecule is Cc1ccc(-c2nnc(CCC(=O)NCC(c3ccccc3)c3c[nH]c4ccccc34)o2)cc1. The first kappa shape index (κ1) is 21.6. The molecular formula is C28H26N4O2. The average molecular weight is 451 g/mol. The summed E-state index contributed by atoms with van der Waals surface area (Å²) in [5, 5.41) is 12.5. The van der Waals surface area contributed by atoms with Crippen LogP contribution in [0.15, 0.2) is 89.5 Å². The lowest BCUT2D eigenvalue weighted by molar-refractivity contribution is -0.121. The van der Waals surface area contributed by atoms with Crippen molar-refractivity contribution in [2.75, 3.05) is 6.54 Å². The number of nitrogens with zero attached hydrogens (tertiary/aromatic N) is 2. The smallest absolute Gasteiger partial charge is 0.247 e. The second-order valence-corrected chi connectivity index (χ2v) is 8.42. The van der Waals surface area contributed by atoms with Gasteiger partial charge in [0.05, 0.1) is 0 Å². The van der Waals surface area contributed by atoms with Gasteiger partial charge in [0.25, 0.3) is 0 Å². The Morgan fingerprint density at radius 3 is 2.56 bits per heavy atom. The Balaban J connectivity index is 1.24. The lowest BCUT2D eigenvalue weighted by Crippen LogP contribution is -2.29. The van der Waals surface area contributed by atoms with E-state index in [1.165, 1.54) is 16.5 Å². The van der Waals surface area contributed by atoms with Gasteiger partial charge in [-0.05, 0) is 36.2 Å². The van der Waals surface area contributed by atoms with Crippen molar-refractivity contribution in [1.29, 1.82) is 0 Å². The van der Waals surface area contributed by atoms with Gasteiger partial charge < -0.3 is 14.7 Å². The van der Waals surface area contributed by atoms with Gasteiger partial charge in [0, 0.05) is 48.0 Å². The van der Waals surface area contributed by atoms with Crippen LogP contribution < -0.4 is 5.32 Å². The summed E-state index contributed by atoms with van der Waals surface area (Å²) in [5.74, 6) is 0.926. The monoisotopic (exact) mass is 450 g/mol. The molecule has 2 N–H and O–H groups in total. The first-order valence-electron chi connectivity index (χ1n) is 11.4. The Hall–Kier alpha value is -4.19. The molecule has 3 aromatic carbocycles. The highest BCUT2D eigenvalue weighted by Crippen LogP contribution is 2.30. The van der Waals surface area contributed by atoms with Crippen LogP contribution >= 0.6 is 0 Å². The molecule has 0 saturated heterocycles. The van der Waals surface area contributed by atoms with Crippen molar-refractivity contribution in [2.45, 2.75) is 25.7 Å². The van der Waals surface area contributed by atoms with E-state index in [2.05, 4.69) is 44.8 Å². The van der Waals surface area contributed by atoms with Crippen LogP contribution in [0.3, 0.4) is 0 Å². The van der Waals surface area contributed by atoms with Gasteiger partial charge in [-0.1, -0.05) is 66.2 Å². The molecule has 0 aliphatic heterocycles. The van der Waals surface area contributed by atoms with Crippen molar-refractivity contribution in [2.24, 2.45) is 0 Å². The number of rotatable bonds is 8. The van der Waals surface area contributed by atoms with Crippen LogP contribution in [-0.2, 0) is 11.2 Å². The van der Waals surface area contributed by atoms with Gasteiger partial charge in [0.2, 0.25) is 17.7 Å². The summed E-state index contributed by atoms with van der Waals surface area (Å²) in [5.41, 5.74) is 5.46. The minimum absolute atomic E-state index is 0.0397. The zero-order valence-corrected chi connectivity index (χ0v) is 19.0. The van der Waals surface area contributed by atoms with E-state index in [0.717, 1.165) is 16.6 Å². The van der Waals surface area contributed by atoms with Crippen LogP contribution in [0.5, 0.6) is 0 Å². The predicted octanol–water partition coefficient (Wildman–Crippen LogP) is 5.41. The van der Waals surface area contributed by atoms with Crippen molar-refractivity contribution >= 4 is 16.8 Å². The summed E-state index contributed by atoms with van der Waals surface area (Å²) in [4.78, 5) is 16.0. The second-order valence-electron chi connectivity index (χ2n) is 8.42. The Morgan fingerprint density at radius 1 is 0.971 bits per heavy atom. The standard InChI is InChI=1S/C28H26N4O2/c1-19-11-13-21(14-12-19)28-32-31-27(34-28)16-15-26(33)30-17-23(20-7-3-2-4-8-20)24-18-29-25-10-6-5-9-22(24)25/h2-14,18,23,29H,15-17H2,1H3,(H,30,33). The number of hydrogen-bond donors (Lipinski definition) is 2. The van der Waals surface area contributed by atoms with E-state index in [9.17, 15) is 4.79 Å². The highest BCUT2D eigenvalue weighted by Gasteiger charge is 2.19. The van der Waals surface area contributed by atoms with E-state index < -0.39 is 0 Å². The van der Waals surface area contributed by atoms with Crippen molar-refractivity contribution in [3.05, 3.63) is 108 Å². The number of carbonyl (C=O) groups is 1. The molecule has 0 fully saturated rings. The van der Waals surface area contributed by atoms with E-state index >= 15 is 0 Å². The highest BCUT2D eigenvalue weighted by molar-refractivity contribution is 5.84. The van der Waals surface area contributed by atoms with Crippen LogP contribution in [0.4, 0.5) is 0 Å². The molecule has 2 aromatic heterocycles. The van der Waals surface area contributed by atoms with E-state index in [0.29, 0.717) is 24.7 Å². The Morgan fingerprint density at radius 2 is 1.74 bits per heavy atom. The van der Waals surface area contributed by atoms with Crippen molar-refractivity contribution in [3.8, 4) is 11.5 Å². The number of H-pyrrole nitrogens is 1. The number of benzene rings is 3. The summed E-state index contributed by atoms with van der Waals surface area (Å²) >= 11 is 0. The average Bonchev–Trinajstić information content (AvgIpc) is 3.52. The summed E-state index contributed by atoms with van der Waals surface area (Å²) in [7, 11) is 0. The molecular weight excluding hydrogens is 424 g/mol. The molecule has 34 heavy (non-hydrogen) atoms. The largest absolute Gasteiger partial charge is 0.421 e. The fourth-order valence-electron chi connectivity index (χ4n) is 4.17. The third kappa shape index (κ3) is 4.76. The Labute approximate surface area is 198 Å².